The molecule has 2 aromatic heterocycles. The van der Waals surface area contributed by atoms with Crippen molar-refractivity contribution in [1.29, 1.82) is 0 Å². The van der Waals surface area contributed by atoms with Crippen molar-refractivity contribution in [3.8, 4) is 33.4 Å². The molecule has 0 aliphatic carbocycles. The van der Waals surface area contributed by atoms with E-state index >= 15 is 0 Å². The maximum atomic E-state index is 6.54. The van der Waals surface area contributed by atoms with Crippen LogP contribution in [0.25, 0.3) is 86.3 Å². The third-order valence-electron chi connectivity index (χ3n) is 10.9. The molecule has 0 aliphatic heterocycles. The second kappa shape index (κ2) is 12.9. The van der Waals surface area contributed by atoms with Crippen molar-refractivity contribution < 1.29 is 4.42 Å². The molecule has 0 saturated heterocycles. The standard InChI is InChI=1S/C52H33NOS/c1-2-11-34(12-3-1)38-14-8-15-39(33-38)35-23-28-40(29-24-35)53(46-19-10-22-49-51(46)44-17-6-7-21-48(44)55-49)41-30-25-37(26-31-41)42-18-9-20-47-50(42)45-32-27-36-13-4-5-16-43(36)52(45)54-47/h1-33H. The Morgan fingerprint density at radius 2 is 1.00 bits per heavy atom. The molecule has 0 bridgehead atoms. The van der Waals surface area contributed by atoms with E-state index in [9.17, 15) is 0 Å². The molecule has 0 amide bonds. The molecule has 0 aliphatic rings. The van der Waals surface area contributed by atoms with Gasteiger partial charge in [0, 0.05) is 47.7 Å². The number of nitrogens with zero attached hydrogens (tertiary/aromatic N) is 1. The van der Waals surface area contributed by atoms with E-state index in [0.717, 1.165) is 55.5 Å². The second-order valence-corrected chi connectivity index (χ2v) is 15.2. The van der Waals surface area contributed by atoms with Gasteiger partial charge < -0.3 is 9.32 Å². The van der Waals surface area contributed by atoms with Crippen LogP contribution in [0.3, 0.4) is 0 Å². The highest BCUT2D eigenvalue weighted by Gasteiger charge is 2.20. The highest BCUT2D eigenvalue weighted by molar-refractivity contribution is 7.26. The van der Waals surface area contributed by atoms with Crippen LogP contribution in [0, 0.1) is 0 Å². The van der Waals surface area contributed by atoms with E-state index in [-0.39, 0.29) is 0 Å². The lowest BCUT2D eigenvalue weighted by molar-refractivity contribution is 0.673. The van der Waals surface area contributed by atoms with Crippen molar-refractivity contribution in [2.45, 2.75) is 0 Å². The van der Waals surface area contributed by atoms with Gasteiger partial charge in [0.25, 0.3) is 0 Å². The molecular weight excluding hydrogens is 687 g/mol. The maximum Gasteiger partial charge on any atom is 0.143 e. The fourth-order valence-electron chi connectivity index (χ4n) is 8.27. The van der Waals surface area contributed by atoms with Crippen LogP contribution in [0.4, 0.5) is 17.1 Å². The van der Waals surface area contributed by atoms with Crippen LogP contribution in [-0.4, -0.2) is 0 Å². The van der Waals surface area contributed by atoms with Crippen LogP contribution in [0.1, 0.15) is 0 Å². The summed E-state index contributed by atoms with van der Waals surface area (Å²) < 4.78 is 9.11. The van der Waals surface area contributed by atoms with Crippen molar-refractivity contribution in [1.82, 2.24) is 0 Å². The molecule has 258 valence electrons. The number of hydrogen-bond acceptors (Lipinski definition) is 3. The van der Waals surface area contributed by atoms with E-state index in [1.54, 1.807) is 0 Å². The lowest BCUT2D eigenvalue weighted by Gasteiger charge is -2.27. The Bertz CT molecular complexity index is 3190. The zero-order chi connectivity index (χ0) is 36.3. The van der Waals surface area contributed by atoms with E-state index in [1.165, 1.54) is 47.8 Å². The van der Waals surface area contributed by atoms with Crippen LogP contribution in [0.2, 0.25) is 0 Å². The first-order chi connectivity index (χ1) is 27.3. The molecule has 0 N–H and O–H groups in total. The predicted octanol–water partition coefficient (Wildman–Crippen LogP) is 15.6. The summed E-state index contributed by atoms with van der Waals surface area (Å²) in [7, 11) is 0. The normalized spacial score (nSPS) is 11.6. The summed E-state index contributed by atoms with van der Waals surface area (Å²) in [6, 6.07) is 72.1. The molecular formula is C52H33NOS. The number of rotatable bonds is 6. The zero-order valence-electron chi connectivity index (χ0n) is 29.8. The first kappa shape index (κ1) is 31.6. The first-order valence-corrected chi connectivity index (χ1v) is 19.5. The minimum Gasteiger partial charge on any atom is -0.455 e. The van der Waals surface area contributed by atoms with E-state index in [0.29, 0.717) is 0 Å². The van der Waals surface area contributed by atoms with Crippen molar-refractivity contribution in [3.05, 3.63) is 200 Å². The molecule has 0 unspecified atom stereocenters. The van der Waals surface area contributed by atoms with Gasteiger partial charge in [0.2, 0.25) is 0 Å². The minimum atomic E-state index is 0.903. The Labute approximate surface area is 322 Å². The van der Waals surface area contributed by atoms with E-state index in [4.69, 9.17) is 4.42 Å². The third-order valence-corrected chi connectivity index (χ3v) is 12.0. The highest BCUT2D eigenvalue weighted by Crippen LogP contribution is 2.46. The fraction of sp³-hybridized carbons (Fsp3) is 0. The summed E-state index contributed by atoms with van der Waals surface area (Å²) in [5.74, 6) is 0. The molecule has 0 spiro atoms. The van der Waals surface area contributed by atoms with Gasteiger partial charge in [-0.15, -0.1) is 11.3 Å². The lowest BCUT2D eigenvalue weighted by atomic mass is 9.97. The minimum absolute atomic E-state index is 0.903. The lowest BCUT2D eigenvalue weighted by Crippen LogP contribution is -2.10. The van der Waals surface area contributed by atoms with Gasteiger partial charge in [-0.3, -0.25) is 0 Å². The quantitative estimate of drug-likeness (QED) is 0.170. The molecule has 2 nitrogen and oxygen atoms in total. The largest absolute Gasteiger partial charge is 0.455 e. The third kappa shape index (κ3) is 5.32. The number of thiophene rings is 1. The predicted molar refractivity (Wildman–Crippen MR) is 235 cm³/mol. The zero-order valence-corrected chi connectivity index (χ0v) is 30.6. The van der Waals surface area contributed by atoms with Crippen LogP contribution in [0.5, 0.6) is 0 Å². The van der Waals surface area contributed by atoms with Gasteiger partial charge >= 0.3 is 0 Å². The fourth-order valence-corrected chi connectivity index (χ4v) is 9.39. The van der Waals surface area contributed by atoms with Crippen LogP contribution in [-0.2, 0) is 0 Å². The van der Waals surface area contributed by atoms with Gasteiger partial charge in [-0.2, -0.15) is 0 Å². The molecule has 55 heavy (non-hydrogen) atoms. The van der Waals surface area contributed by atoms with E-state index < -0.39 is 0 Å². The average Bonchev–Trinajstić information content (AvgIpc) is 3.84. The summed E-state index contributed by atoms with van der Waals surface area (Å²) in [5, 5.41) is 7.16. The number of benzene rings is 9. The summed E-state index contributed by atoms with van der Waals surface area (Å²) in [6.45, 7) is 0. The van der Waals surface area contributed by atoms with Gasteiger partial charge in [-0.05, 0) is 99.4 Å². The molecule has 0 radical (unpaired) electrons. The summed E-state index contributed by atoms with van der Waals surface area (Å²) in [6.07, 6.45) is 0. The van der Waals surface area contributed by atoms with E-state index in [2.05, 4.69) is 205 Å². The van der Waals surface area contributed by atoms with Crippen LogP contribution >= 0.6 is 11.3 Å². The Balaban J connectivity index is 1.04. The van der Waals surface area contributed by atoms with Gasteiger partial charge in [-0.1, -0.05) is 140 Å². The van der Waals surface area contributed by atoms with Crippen LogP contribution < -0.4 is 4.90 Å². The number of hydrogen-bond donors (Lipinski definition) is 0. The molecule has 2 heterocycles. The number of fused-ring (bicyclic) bond motifs is 8. The van der Waals surface area contributed by atoms with Gasteiger partial charge in [0.15, 0.2) is 0 Å². The van der Waals surface area contributed by atoms with Crippen LogP contribution in [0.15, 0.2) is 205 Å². The molecule has 3 heteroatoms. The number of furan rings is 1. The Morgan fingerprint density at radius 3 is 1.80 bits per heavy atom. The van der Waals surface area contributed by atoms with Crippen molar-refractivity contribution in [3.63, 3.8) is 0 Å². The molecule has 11 rings (SSSR count). The first-order valence-electron chi connectivity index (χ1n) is 18.7. The Hall–Kier alpha value is -6.94. The smallest absolute Gasteiger partial charge is 0.143 e. The highest BCUT2D eigenvalue weighted by atomic mass is 32.1. The molecule has 9 aromatic carbocycles. The molecule has 11 aromatic rings. The van der Waals surface area contributed by atoms with E-state index in [1.807, 2.05) is 11.3 Å². The molecule has 0 saturated carbocycles. The van der Waals surface area contributed by atoms with Gasteiger partial charge in [-0.25, -0.2) is 0 Å². The molecule has 0 atom stereocenters. The molecule has 0 fully saturated rings. The van der Waals surface area contributed by atoms with Crippen molar-refractivity contribution >= 4 is 81.3 Å². The van der Waals surface area contributed by atoms with Gasteiger partial charge in [0.1, 0.15) is 11.2 Å². The summed E-state index contributed by atoms with van der Waals surface area (Å²) >= 11 is 1.85. The average molecular weight is 720 g/mol. The summed E-state index contributed by atoms with van der Waals surface area (Å²) in [5.41, 5.74) is 12.3. The SMILES string of the molecule is c1ccc(-c2cccc(-c3ccc(N(c4ccc(-c5cccc6oc7c8ccccc8ccc7c56)cc4)c4cccc5sc6ccccc6c45)cc3)c2)cc1. The summed E-state index contributed by atoms with van der Waals surface area (Å²) in [4.78, 5) is 2.41. The monoisotopic (exact) mass is 719 g/mol. The topological polar surface area (TPSA) is 16.4 Å². The number of anilines is 3. The Kier molecular flexibility index (Phi) is 7.39. The Morgan fingerprint density at radius 1 is 0.382 bits per heavy atom. The van der Waals surface area contributed by atoms with Gasteiger partial charge in [0.05, 0.1) is 5.69 Å². The van der Waals surface area contributed by atoms with Crippen molar-refractivity contribution in [2.24, 2.45) is 0 Å². The van der Waals surface area contributed by atoms with Crippen molar-refractivity contribution in [2.75, 3.05) is 4.90 Å². The maximum absolute atomic E-state index is 6.54. The second-order valence-electron chi connectivity index (χ2n) is 14.1.